The number of nitrogens with zero attached hydrogens (tertiary/aromatic N) is 2. The summed E-state index contributed by atoms with van der Waals surface area (Å²) >= 11 is 1.55. The first-order chi connectivity index (χ1) is 11.7. The van der Waals surface area contributed by atoms with Crippen LogP contribution in [0.15, 0.2) is 42.0 Å². The van der Waals surface area contributed by atoms with E-state index in [0.29, 0.717) is 17.8 Å². The summed E-state index contributed by atoms with van der Waals surface area (Å²) in [6.07, 6.45) is 5.74. The van der Waals surface area contributed by atoms with Gasteiger partial charge in [0, 0.05) is 34.9 Å². The van der Waals surface area contributed by atoms with Crippen molar-refractivity contribution in [2.75, 3.05) is 5.32 Å². The van der Waals surface area contributed by atoms with Gasteiger partial charge in [0.25, 0.3) is 5.91 Å². The highest BCUT2D eigenvalue weighted by Gasteiger charge is 2.29. The molecule has 1 aliphatic rings. The molecule has 1 saturated carbocycles. The molecule has 24 heavy (non-hydrogen) atoms. The molecule has 2 N–H and O–H groups in total. The molecule has 0 unspecified atom stereocenters. The maximum Gasteiger partial charge on any atom is 0.251 e. The summed E-state index contributed by atoms with van der Waals surface area (Å²) in [5, 5.41) is 7.68. The molecular weight excluding hydrogens is 324 g/mol. The Hall–Kier alpha value is -2.67. The zero-order chi connectivity index (χ0) is 16.5. The number of nitrogens with one attached hydrogen (secondary N) is 2. The fourth-order valence-electron chi connectivity index (χ4n) is 2.46. The van der Waals surface area contributed by atoms with Gasteiger partial charge in [0.15, 0.2) is 4.96 Å². The highest BCUT2D eigenvalue weighted by Crippen LogP contribution is 2.30. The van der Waals surface area contributed by atoms with Gasteiger partial charge in [-0.1, -0.05) is 6.07 Å². The summed E-state index contributed by atoms with van der Waals surface area (Å²) in [4.78, 5) is 29.4. The normalized spacial score (nSPS) is 13.8. The third-order valence-corrected chi connectivity index (χ3v) is 4.68. The van der Waals surface area contributed by atoms with Crippen molar-refractivity contribution in [2.45, 2.75) is 19.4 Å². The van der Waals surface area contributed by atoms with Gasteiger partial charge in [-0.25, -0.2) is 4.98 Å². The van der Waals surface area contributed by atoms with Crippen molar-refractivity contribution in [3.8, 4) is 0 Å². The van der Waals surface area contributed by atoms with Crippen molar-refractivity contribution in [2.24, 2.45) is 5.92 Å². The molecule has 2 amide bonds. The van der Waals surface area contributed by atoms with E-state index in [1.165, 1.54) is 0 Å². The van der Waals surface area contributed by atoms with Crippen LogP contribution in [0.1, 0.15) is 28.9 Å². The van der Waals surface area contributed by atoms with Gasteiger partial charge in [0.05, 0.1) is 12.2 Å². The lowest BCUT2D eigenvalue weighted by molar-refractivity contribution is -0.117. The van der Waals surface area contributed by atoms with E-state index in [1.54, 1.807) is 35.6 Å². The Morgan fingerprint density at radius 3 is 3.00 bits per heavy atom. The highest BCUT2D eigenvalue weighted by atomic mass is 32.1. The van der Waals surface area contributed by atoms with Gasteiger partial charge in [-0.15, -0.1) is 11.3 Å². The molecule has 6 nitrogen and oxygen atoms in total. The molecule has 0 saturated heterocycles. The number of thiazole rings is 1. The number of aromatic nitrogens is 2. The second kappa shape index (κ2) is 6.09. The number of hydrogen-bond donors (Lipinski definition) is 2. The van der Waals surface area contributed by atoms with E-state index in [9.17, 15) is 9.59 Å². The second-order valence-corrected chi connectivity index (χ2v) is 6.73. The summed E-state index contributed by atoms with van der Waals surface area (Å²) in [7, 11) is 0. The second-order valence-electron chi connectivity index (χ2n) is 5.85. The SMILES string of the molecule is O=C(NCc1cn2ccsc2n1)c1cccc(NC(=O)C2CC2)c1. The first-order valence-electron chi connectivity index (χ1n) is 7.79. The van der Waals surface area contributed by atoms with Gasteiger partial charge >= 0.3 is 0 Å². The van der Waals surface area contributed by atoms with E-state index >= 15 is 0 Å². The van der Waals surface area contributed by atoms with E-state index < -0.39 is 0 Å². The Bertz CT molecular complexity index is 882. The average Bonchev–Trinajstić information content (AvgIpc) is 3.23. The number of benzene rings is 1. The highest BCUT2D eigenvalue weighted by molar-refractivity contribution is 7.15. The number of imidazole rings is 1. The molecule has 1 aromatic carbocycles. The maximum absolute atomic E-state index is 12.3. The number of amides is 2. The summed E-state index contributed by atoms with van der Waals surface area (Å²) in [6.45, 7) is 0.367. The molecule has 0 aliphatic heterocycles. The third kappa shape index (κ3) is 3.16. The number of anilines is 1. The molecule has 3 aromatic rings. The zero-order valence-corrected chi connectivity index (χ0v) is 13.7. The minimum Gasteiger partial charge on any atom is -0.346 e. The fraction of sp³-hybridized carbons (Fsp3) is 0.235. The summed E-state index contributed by atoms with van der Waals surface area (Å²) in [5.41, 5.74) is 1.99. The predicted molar refractivity (Wildman–Crippen MR) is 92.0 cm³/mol. The van der Waals surface area contributed by atoms with Crippen LogP contribution in [0.25, 0.3) is 4.96 Å². The Morgan fingerprint density at radius 1 is 1.33 bits per heavy atom. The van der Waals surface area contributed by atoms with Crippen LogP contribution in [0.5, 0.6) is 0 Å². The van der Waals surface area contributed by atoms with Crippen molar-refractivity contribution in [1.82, 2.24) is 14.7 Å². The van der Waals surface area contributed by atoms with Gasteiger partial charge in [0.2, 0.25) is 5.91 Å². The quantitative estimate of drug-likeness (QED) is 0.750. The fourth-order valence-corrected chi connectivity index (χ4v) is 3.18. The van der Waals surface area contributed by atoms with Crippen LogP contribution in [0.4, 0.5) is 5.69 Å². The summed E-state index contributed by atoms with van der Waals surface area (Å²) < 4.78 is 1.93. The van der Waals surface area contributed by atoms with Crippen molar-refractivity contribution < 1.29 is 9.59 Å². The predicted octanol–water partition coefficient (Wildman–Crippen LogP) is 2.67. The number of hydrogen-bond acceptors (Lipinski definition) is 4. The molecule has 0 radical (unpaired) electrons. The maximum atomic E-state index is 12.3. The smallest absolute Gasteiger partial charge is 0.251 e. The Balaban J connectivity index is 1.39. The van der Waals surface area contributed by atoms with E-state index in [2.05, 4.69) is 15.6 Å². The minimum atomic E-state index is -0.186. The van der Waals surface area contributed by atoms with Crippen molar-refractivity contribution in [3.63, 3.8) is 0 Å². The van der Waals surface area contributed by atoms with Crippen molar-refractivity contribution in [1.29, 1.82) is 0 Å². The molecule has 122 valence electrons. The molecule has 2 aromatic heterocycles. The average molecular weight is 340 g/mol. The Labute approximate surface area is 142 Å². The van der Waals surface area contributed by atoms with Crippen LogP contribution in [-0.2, 0) is 11.3 Å². The van der Waals surface area contributed by atoms with Gasteiger partial charge in [-0.05, 0) is 31.0 Å². The van der Waals surface area contributed by atoms with Crippen LogP contribution in [0.2, 0.25) is 0 Å². The number of fused-ring (bicyclic) bond motifs is 1. The van der Waals surface area contributed by atoms with Crippen LogP contribution in [0.3, 0.4) is 0 Å². The van der Waals surface area contributed by atoms with Crippen LogP contribution in [-0.4, -0.2) is 21.2 Å². The van der Waals surface area contributed by atoms with Crippen molar-refractivity contribution in [3.05, 3.63) is 53.3 Å². The number of rotatable bonds is 5. The van der Waals surface area contributed by atoms with E-state index in [-0.39, 0.29) is 17.7 Å². The lowest BCUT2D eigenvalue weighted by Crippen LogP contribution is -2.23. The first-order valence-corrected chi connectivity index (χ1v) is 8.67. The minimum absolute atomic E-state index is 0.0330. The Kier molecular flexibility index (Phi) is 3.78. The lowest BCUT2D eigenvalue weighted by atomic mass is 10.2. The molecule has 0 atom stereocenters. The number of carbonyl (C=O) groups is 2. The largest absolute Gasteiger partial charge is 0.346 e. The molecule has 2 heterocycles. The van der Waals surface area contributed by atoms with Gasteiger partial charge in [0.1, 0.15) is 0 Å². The molecule has 1 fully saturated rings. The lowest BCUT2D eigenvalue weighted by Gasteiger charge is -2.07. The zero-order valence-electron chi connectivity index (χ0n) is 12.9. The van der Waals surface area contributed by atoms with Gasteiger partial charge < -0.3 is 10.6 Å². The topological polar surface area (TPSA) is 75.5 Å². The standard InChI is InChI=1S/C17H16N4O2S/c22-15(18-9-14-10-21-6-7-24-17(21)20-14)12-2-1-3-13(8-12)19-16(23)11-4-5-11/h1-3,6-8,10-11H,4-5,9H2,(H,18,22)(H,19,23). The molecule has 0 bridgehead atoms. The third-order valence-electron chi connectivity index (χ3n) is 3.91. The molecule has 1 aliphatic carbocycles. The van der Waals surface area contributed by atoms with Crippen LogP contribution >= 0.6 is 11.3 Å². The van der Waals surface area contributed by atoms with E-state index in [1.807, 2.05) is 22.2 Å². The molecular formula is C17H16N4O2S. The summed E-state index contributed by atoms with van der Waals surface area (Å²) in [5.74, 6) is -0.0169. The monoisotopic (exact) mass is 340 g/mol. The van der Waals surface area contributed by atoms with Crippen LogP contribution < -0.4 is 10.6 Å². The Morgan fingerprint density at radius 2 is 2.21 bits per heavy atom. The molecule has 7 heteroatoms. The van der Waals surface area contributed by atoms with Gasteiger partial charge in [-0.2, -0.15) is 0 Å². The molecule has 0 spiro atoms. The molecule has 4 rings (SSSR count). The van der Waals surface area contributed by atoms with Crippen LogP contribution in [0, 0.1) is 5.92 Å². The van der Waals surface area contributed by atoms with E-state index in [4.69, 9.17) is 0 Å². The van der Waals surface area contributed by atoms with Crippen molar-refractivity contribution >= 4 is 33.8 Å². The van der Waals surface area contributed by atoms with Gasteiger partial charge in [-0.3, -0.25) is 14.0 Å². The van der Waals surface area contributed by atoms with E-state index in [0.717, 1.165) is 23.5 Å². The number of carbonyl (C=O) groups excluding carboxylic acids is 2. The summed E-state index contributed by atoms with van der Waals surface area (Å²) in [6, 6.07) is 6.99. The first kappa shape index (κ1) is 14.9.